The Labute approximate surface area is 186 Å². The van der Waals surface area contributed by atoms with Gasteiger partial charge >= 0.3 is 0 Å². The minimum Gasteiger partial charge on any atom is -0.493 e. The van der Waals surface area contributed by atoms with Crippen LogP contribution in [0, 0.1) is 12.8 Å². The van der Waals surface area contributed by atoms with Crippen LogP contribution in [0.15, 0.2) is 42.5 Å². The second-order valence-electron chi connectivity index (χ2n) is 7.54. The normalized spacial score (nSPS) is 14.9. The van der Waals surface area contributed by atoms with Gasteiger partial charge < -0.3 is 10.1 Å². The summed E-state index contributed by atoms with van der Waals surface area (Å²) in [4.78, 5) is 36.1. The summed E-state index contributed by atoms with van der Waals surface area (Å²) in [5.41, 5.74) is 7.63. The average molecular weight is 444 g/mol. The number of carbonyl (C=O) groups excluding carboxylic acids is 3. The lowest BCUT2D eigenvalue weighted by atomic mass is 9.89. The SMILES string of the molecule is Cc1cc(Cl)ccc1OCCCC(=O)NNC(=O)CCC1Cc2ccccc2NC1=O. The van der Waals surface area contributed by atoms with Crippen LogP contribution >= 0.6 is 11.6 Å². The summed E-state index contributed by atoms with van der Waals surface area (Å²) in [7, 11) is 0. The number of rotatable bonds is 8. The second kappa shape index (κ2) is 10.8. The molecule has 0 aromatic heterocycles. The molecular formula is C23H26ClN3O4. The highest BCUT2D eigenvalue weighted by molar-refractivity contribution is 6.30. The molecule has 2 aromatic rings. The lowest BCUT2D eigenvalue weighted by molar-refractivity contribution is -0.129. The molecule has 3 N–H and O–H groups in total. The van der Waals surface area contributed by atoms with Crippen molar-refractivity contribution in [3.05, 3.63) is 58.6 Å². The Kier molecular flexibility index (Phi) is 7.89. The Morgan fingerprint density at radius 1 is 1.13 bits per heavy atom. The van der Waals surface area contributed by atoms with Crippen LogP contribution in [0.4, 0.5) is 5.69 Å². The number of amides is 3. The van der Waals surface area contributed by atoms with Crippen LogP contribution in [0.2, 0.25) is 5.02 Å². The minimum absolute atomic E-state index is 0.0774. The smallest absolute Gasteiger partial charge is 0.238 e. The van der Waals surface area contributed by atoms with Gasteiger partial charge in [-0.1, -0.05) is 29.8 Å². The van der Waals surface area contributed by atoms with E-state index < -0.39 is 0 Å². The molecule has 0 aliphatic carbocycles. The number of carbonyl (C=O) groups is 3. The van der Waals surface area contributed by atoms with Gasteiger partial charge in [-0.2, -0.15) is 0 Å². The standard InChI is InChI=1S/C23H26ClN3O4/c1-15-13-18(24)9-10-20(15)31-12-4-7-21(28)26-27-22(29)11-8-17-14-16-5-2-3-6-19(16)25-23(17)30/h2-3,5-6,9-10,13,17H,4,7-8,11-12,14H2,1H3,(H,25,30)(H,26,28)(H,27,29). The van der Waals surface area contributed by atoms with E-state index in [1.165, 1.54) is 0 Å². The van der Waals surface area contributed by atoms with Crippen molar-refractivity contribution in [3.8, 4) is 5.75 Å². The first-order chi connectivity index (χ1) is 14.9. The maximum Gasteiger partial charge on any atom is 0.238 e. The predicted molar refractivity (Wildman–Crippen MR) is 119 cm³/mol. The summed E-state index contributed by atoms with van der Waals surface area (Å²) in [6.07, 6.45) is 1.89. The van der Waals surface area contributed by atoms with Crippen LogP contribution < -0.4 is 20.9 Å². The quantitative estimate of drug-likeness (QED) is 0.429. The molecule has 0 saturated heterocycles. The molecule has 1 unspecified atom stereocenters. The Balaban J connectivity index is 1.30. The summed E-state index contributed by atoms with van der Waals surface area (Å²) >= 11 is 5.91. The molecule has 0 spiro atoms. The van der Waals surface area contributed by atoms with E-state index in [1.807, 2.05) is 37.3 Å². The van der Waals surface area contributed by atoms with Gasteiger partial charge in [-0.3, -0.25) is 25.2 Å². The van der Waals surface area contributed by atoms with E-state index in [9.17, 15) is 14.4 Å². The molecule has 0 radical (unpaired) electrons. The number of para-hydroxylation sites is 1. The van der Waals surface area contributed by atoms with E-state index in [2.05, 4.69) is 16.2 Å². The number of ether oxygens (including phenoxy) is 1. The third-order valence-corrected chi connectivity index (χ3v) is 5.35. The van der Waals surface area contributed by atoms with Gasteiger partial charge in [0.05, 0.1) is 6.61 Å². The van der Waals surface area contributed by atoms with Crippen molar-refractivity contribution in [2.75, 3.05) is 11.9 Å². The van der Waals surface area contributed by atoms with Crippen LogP contribution in [0.1, 0.15) is 36.8 Å². The van der Waals surface area contributed by atoms with Gasteiger partial charge in [0.15, 0.2) is 0 Å². The second-order valence-corrected chi connectivity index (χ2v) is 7.98. The first-order valence-corrected chi connectivity index (χ1v) is 10.7. The van der Waals surface area contributed by atoms with Gasteiger partial charge in [-0.15, -0.1) is 0 Å². The summed E-state index contributed by atoms with van der Waals surface area (Å²) in [6.45, 7) is 2.28. The summed E-state index contributed by atoms with van der Waals surface area (Å²) in [5, 5.41) is 3.52. The van der Waals surface area contributed by atoms with Crippen molar-refractivity contribution in [1.82, 2.24) is 10.9 Å². The summed E-state index contributed by atoms with van der Waals surface area (Å²) in [5.74, 6) is -0.231. The molecule has 1 atom stereocenters. The number of nitrogens with one attached hydrogen (secondary N) is 3. The van der Waals surface area contributed by atoms with Crippen LogP contribution in [0.25, 0.3) is 0 Å². The highest BCUT2D eigenvalue weighted by atomic mass is 35.5. The highest BCUT2D eigenvalue weighted by Gasteiger charge is 2.26. The number of aryl methyl sites for hydroxylation is 1. The fraction of sp³-hybridized carbons (Fsp3) is 0.348. The van der Waals surface area contributed by atoms with Gasteiger partial charge in [-0.05, 0) is 61.6 Å². The third-order valence-electron chi connectivity index (χ3n) is 5.12. The molecule has 1 aliphatic heterocycles. The zero-order valence-electron chi connectivity index (χ0n) is 17.4. The third kappa shape index (κ3) is 6.72. The van der Waals surface area contributed by atoms with Crippen molar-refractivity contribution >= 4 is 35.0 Å². The molecular weight excluding hydrogens is 418 g/mol. The van der Waals surface area contributed by atoms with Crippen LogP contribution in [0.5, 0.6) is 5.75 Å². The largest absolute Gasteiger partial charge is 0.493 e. The zero-order chi connectivity index (χ0) is 22.2. The van der Waals surface area contributed by atoms with Gasteiger partial charge in [0.1, 0.15) is 5.75 Å². The summed E-state index contributed by atoms with van der Waals surface area (Å²) in [6, 6.07) is 13.0. The molecule has 7 nitrogen and oxygen atoms in total. The number of benzene rings is 2. The number of hydrazine groups is 1. The van der Waals surface area contributed by atoms with Crippen molar-refractivity contribution in [1.29, 1.82) is 0 Å². The predicted octanol–water partition coefficient (Wildman–Crippen LogP) is 3.55. The molecule has 3 rings (SSSR count). The zero-order valence-corrected chi connectivity index (χ0v) is 18.1. The van der Waals surface area contributed by atoms with Crippen molar-refractivity contribution in [2.24, 2.45) is 5.92 Å². The van der Waals surface area contributed by atoms with Crippen molar-refractivity contribution in [2.45, 2.75) is 39.0 Å². The minimum atomic E-state index is -0.326. The van der Waals surface area contributed by atoms with Gasteiger partial charge in [0.2, 0.25) is 17.7 Å². The van der Waals surface area contributed by atoms with Crippen molar-refractivity contribution in [3.63, 3.8) is 0 Å². The molecule has 2 aromatic carbocycles. The number of halogens is 1. The molecule has 1 heterocycles. The first kappa shape index (κ1) is 22.6. The van der Waals surface area contributed by atoms with E-state index in [0.717, 1.165) is 22.6 Å². The monoisotopic (exact) mass is 443 g/mol. The van der Waals surface area contributed by atoms with Gasteiger partial charge in [-0.25, -0.2) is 0 Å². The fourth-order valence-electron chi connectivity index (χ4n) is 3.41. The lowest BCUT2D eigenvalue weighted by Crippen LogP contribution is -2.42. The molecule has 0 fully saturated rings. The van der Waals surface area contributed by atoms with Crippen LogP contribution in [-0.2, 0) is 20.8 Å². The van der Waals surface area contributed by atoms with E-state index >= 15 is 0 Å². The van der Waals surface area contributed by atoms with Crippen LogP contribution in [-0.4, -0.2) is 24.3 Å². The number of fused-ring (bicyclic) bond motifs is 1. The Morgan fingerprint density at radius 3 is 2.65 bits per heavy atom. The lowest BCUT2D eigenvalue weighted by Gasteiger charge is -2.24. The van der Waals surface area contributed by atoms with Gasteiger partial charge in [0, 0.05) is 29.5 Å². The van der Waals surface area contributed by atoms with E-state index in [0.29, 0.717) is 30.9 Å². The molecule has 0 bridgehead atoms. The number of anilines is 1. The Hall–Kier alpha value is -3.06. The molecule has 0 saturated carbocycles. The van der Waals surface area contributed by atoms with E-state index in [4.69, 9.17) is 16.3 Å². The van der Waals surface area contributed by atoms with E-state index in [-0.39, 0.29) is 36.5 Å². The van der Waals surface area contributed by atoms with Crippen molar-refractivity contribution < 1.29 is 19.1 Å². The topological polar surface area (TPSA) is 96.5 Å². The Bertz CT molecular complexity index is 964. The first-order valence-electron chi connectivity index (χ1n) is 10.3. The highest BCUT2D eigenvalue weighted by Crippen LogP contribution is 2.27. The fourth-order valence-corrected chi connectivity index (χ4v) is 3.63. The van der Waals surface area contributed by atoms with Crippen LogP contribution in [0.3, 0.4) is 0 Å². The van der Waals surface area contributed by atoms with Gasteiger partial charge in [0.25, 0.3) is 0 Å². The Morgan fingerprint density at radius 2 is 1.87 bits per heavy atom. The number of hydrogen-bond donors (Lipinski definition) is 3. The molecule has 1 aliphatic rings. The summed E-state index contributed by atoms with van der Waals surface area (Å²) < 4.78 is 5.64. The van der Waals surface area contributed by atoms with E-state index in [1.54, 1.807) is 12.1 Å². The maximum atomic E-state index is 12.2. The average Bonchev–Trinajstić information content (AvgIpc) is 2.75. The maximum absolute atomic E-state index is 12.2. The molecule has 3 amide bonds. The molecule has 31 heavy (non-hydrogen) atoms. The molecule has 164 valence electrons. The molecule has 8 heteroatoms. The number of hydrogen-bond acceptors (Lipinski definition) is 4.